The maximum absolute atomic E-state index is 11.6. The van der Waals surface area contributed by atoms with Gasteiger partial charge in [0.15, 0.2) is 0 Å². The Balaban J connectivity index is 1.76. The first-order valence-electron chi connectivity index (χ1n) is 6.98. The van der Waals surface area contributed by atoms with Crippen LogP contribution in [0.15, 0.2) is 66.7 Å². The van der Waals surface area contributed by atoms with Crippen LogP contribution in [0.1, 0.15) is 11.1 Å². The molecule has 0 amide bonds. The van der Waals surface area contributed by atoms with Crippen LogP contribution < -0.4 is 4.74 Å². The number of esters is 1. The SMILES string of the molecule is COc1ccc(/C=C/COC(=O)/C=C/c2ccccc2)cc1. The van der Waals surface area contributed by atoms with E-state index in [1.54, 1.807) is 19.3 Å². The van der Waals surface area contributed by atoms with Gasteiger partial charge in [-0.25, -0.2) is 4.79 Å². The average Bonchev–Trinajstić information content (AvgIpc) is 2.58. The van der Waals surface area contributed by atoms with E-state index in [1.165, 1.54) is 6.08 Å². The van der Waals surface area contributed by atoms with E-state index in [2.05, 4.69) is 0 Å². The standard InChI is InChI=1S/C19H18O3/c1-21-18-12-9-17(10-13-18)8-5-15-22-19(20)14-11-16-6-3-2-4-7-16/h2-14H,15H2,1H3/b8-5+,14-11+. The zero-order valence-electron chi connectivity index (χ0n) is 12.4. The first-order valence-corrected chi connectivity index (χ1v) is 6.98. The number of hydrogen-bond donors (Lipinski definition) is 0. The van der Waals surface area contributed by atoms with E-state index in [-0.39, 0.29) is 12.6 Å². The summed E-state index contributed by atoms with van der Waals surface area (Å²) in [5.41, 5.74) is 1.99. The number of carbonyl (C=O) groups excluding carboxylic acids is 1. The van der Waals surface area contributed by atoms with E-state index < -0.39 is 0 Å². The smallest absolute Gasteiger partial charge is 0.331 e. The van der Waals surface area contributed by atoms with Crippen molar-refractivity contribution in [3.8, 4) is 5.75 Å². The molecule has 0 fully saturated rings. The number of carbonyl (C=O) groups is 1. The van der Waals surface area contributed by atoms with Crippen molar-refractivity contribution < 1.29 is 14.3 Å². The largest absolute Gasteiger partial charge is 0.497 e. The van der Waals surface area contributed by atoms with Crippen LogP contribution in [-0.4, -0.2) is 19.7 Å². The Kier molecular flexibility index (Phi) is 6.00. The molecule has 0 unspecified atom stereocenters. The van der Waals surface area contributed by atoms with Gasteiger partial charge in [0.05, 0.1) is 7.11 Å². The average molecular weight is 294 g/mol. The van der Waals surface area contributed by atoms with Gasteiger partial charge in [-0.1, -0.05) is 48.5 Å². The monoisotopic (exact) mass is 294 g/mol. The highest BCUT2D eigenvalue weighted by Gasteiger charge is 1.95. The van der Waals surface area contributed by atoms with Crippen molar-refractivity contribution >= 4 is 18.1 Å². The summed E-state index contributed by atoms with van der Waals surface area (Å²) in [6.07, 6.45) is 6.86. The van der Waals surface area contributed by atoms with E-state index in [0.717, 1.165) is 16.9 Å². The van der Waals surface area contributed by atoms with Gasteiger partial charge in [0.1, 0.15) is 12.4 Å². The van der Waals surface area contributed by atoms with E-state index >= 15 is 0 Å². The molecule has 0 saturated heterocycles. The van der Waals surface area contributed by atoms with Crippen molar-refractivity contribution in [2.24, 2.45) is 0 Å². The third-order valence-electron chi connectivity index (χ3n) is 2.96. The van der Waals surface area contributed by atoms with Crippen LogP contribution in [-0.2, 0) is 9.53 Å². The third kappa shape index (κ3) is 5.29. The number of benzene rings is 2. The summed E-state index contributed by atoms with van der Waals surface area (Å²) in [4.78, 5) is 11.6. The number of hydrogen-bond acceptors (Lipinski definition) is 3. The van der Waals surface area contributed by atoms with Crippen molar-refractivity contribution in [3.63, 3.8) is 0 Å². The molecule has 3 heteroatoms. The van der Waals surface area contributed by atoms with Crippen molar-refractivity contribution in [2.75, 3.05) is 13.7 Å². The predicted molar refractivity (Wildman–Crippen MR) is 88.5 cm³/mol. The lowest BCUT2D eigenvalue weighted by molar-refractivity contribution is -0.136. The molecule has 112 valence electrons. The van der Waals surface area contributed by atoms with Crippen LogP contribution in [0, 0.1) is 0 Å². The molecule has 0 aliphatic heterocycles. The van der Waals surface area contributed by atoms with Gasteiger partial charge in [0.2, 0.25) is 0 Å². The minimum Gasteiger partial charge on any atom is -0.497 e. The summed E-state index contributed by atoms with van der Waals surface area (Å²) >= 11 is 0. The molecule has 0 spiro atoms. The van der Waals surface area contributed by atoms with Gasteiger partial charge in [-0.3, -0.25) is 0 Å². The summed E-state index contributed by atoms with van der Waals surface area (Å²) in [5.74, 6) is 0.456. The minimum atomic E-state index is -0.358. The van der Waals surface area contributed by atoms with Gasteiger partial charge < -0.3 is 9.47 Å². The van der Waals surface area contributed by atoms with Crippen LogP contribution in [0.3, 0.4) is 0 Å². The second kappa shape index (κ2) is 8.47. The first-order chi connectivity index (χ1) is 10.8. The fourth-order valence-electron chi connectivity index (χ4n) is 1.81. The maximum Gasteiger partial charge on any atom is 0.331 e. The molecule has 0 atom stereocenters. The maximum atomic E-state index is 11.6. The molecule has 0 saturated carbocycles. The molecule has 0 N–H and O–H groups in total. The molecule has 2 rings (SSSR count). The summed E-state index contributed by atoms with van der Waals surface area (Å²) < 4.78 is 10.2. The number of rotatable bonds is 6. The van der Waals surface area contributed by atoms with E-state index in [4.69, 9.17) is 9.47 Å². The minimum absolute atomic E-state index is 0.240. The molecule has 0 aromatic heterocycles. The highest BCUT2D eigenvalue weighted by atomic mass is 16.5. The normalized spacial score (nSPS) is 11.0. The molecular weight excluding hydrogens is 276 g/mol. The van der Waals surface area contributed by atoms with Gasteiger partial charge in [-0.15, -0.1) is 0 Å². The van der Waals surface area contributed by atoms with Gasteiger partial charge in [-0.2, -0.15) is 0 Å². The lowest BCUT2D eigenvalue weighted by atomic mass is 10.2. The van der Waals surface area contributed by atoms with Crippen LogP contribution in [0.25, 0.3) is 12.2 Å². The van der Waals surface area contributed by atoms with Gasteiger partial charge >= 0.3 is 5.97 Å². The zero-order chi connectivity index (χ0) is 15.6. The molecule has 0 heterocycles. The van der Waals surface area contributed by atoms with Crippen molar-refractivity contribution in [3.05, 3.63) is 77.9 Å². The molecule has 0 bridgehead atoms. The van der Waals surface area contributed by atoms with Crippen LogP contribution in [0.2, 0.25) is 0 Å². The molecule has 3 nitrogen and oxygen atoms in total. The molecule has 2 aromatic carbocycles. The van der Waals surface area contributed by atoms with Crippen molar-refractivity contribution in [1.29, 1.82) is 0 Å². The lowest BCUT2D eigenvalue weighted by Crippen LogP contribution is -1.99. The molecule has 0 aliphatic carbocycles. The summed E-state index contributed by atoms with van der Waals surface area (Å²) in [6, 6.07) is 17.3. The van der Waals surface area contributed by atoms with Gasteiger partial charge in [0, 0.05) is 6.08 Å². The predicted octanol–water partition coefficient (Wildman–Crippen LogP) is 3.97. The Morgan fingerprint density at radius 2 is 1.64 bits per heavy atom. The van der Waals surface area contributed by atoms with E-state index in [0.29, 0.717) is 0 Å². The summed E-state index contributed by atoms with van der Waals surface area (Å²) in [5, 5.41) is 0. The lowest BCUT2D eigenvalue weighted by Gasteiger charge is -1.99. The first kappa shape index (κ1) is 15.6. The Hall–Kier alpha value is -2.81. The number of methoxy groups -OCH3 is 1. The third-order valence-corrected chi connectivity index (χ3v) is 2.96. The quantitative estimate of drug-likeness (QED) is 0.597. The topological polar surface area (TPSA) is 35.5 Å². The van der Waals surface area contributed by atoms with Crippen LogP contribution in [0.4, 0.5) is 0 Å². The zero-order valence-corrected chi connectivity index (χ0v) is 12.4. The Labute approximate surface area is 130 Å². The molecule has 22 heavy (non-hydrogen) atoms. The fraction of sp³-hybridized carbons (Fsp3) is 0.105. The second-order valence-corrected chi connectivity index (χ2v) is 4.55. The highest BCUT2D eigenvalue weighted by molar-refractivity contribution is 5.87. The molecule has 0 aliphatic rings. The Bertz CT molecular complexity index is 640. The Morgan fingerprint density at radius 1 is 0.955 bits per heavy atom. The molecular formula is C19H18O3. The van der Waals surface area contributed by atoms with Gasteiger partial charge in [0.25, 0.3) is 0 Å². The highest BCUT2D eigenvalue weighted by Crippen LogP contribution is 2.12. The number of ether oxygens (including phenoxy) is 2. The van der Waals surface area contributed by atoms with Gasteiger partial charge in [-0.05, 0) is 35.4 Å². The summed E-state index contributed by atoms with van der Waals surface area (Å²) in [7, 11) is 1.63. The van der Waals surface area contributed by atoms with E-state index in [1.807, 2.05) is 60.7 Å². The summed E-state index contributed by atoms with van der Waals surface area (Å²) in [6.45, 7) is 0.240. The van der Waals surface area contributed by atoms with E-state index in [9.17, 15) is 4.79 Å². The fourth-order valence-corrected chi connectivity index (χ4v) is 1.81. The Morgan fingerprint density at radius 3 is 2.32 bits per heavy atom. The van der Waals surface area contributed by atoms with Crippen LogP contribution >= 0.6 is 0 Å². The van der Waals surface area contributed by atoms with Crippen molar-refractivity contribution in [2.45, 2.75) is 0 Å². The molecule has 0 radical (unpaired) electrons. The van der Waals surface area contributed by atoms with Crippen LogP contribution in [0.5, 0.6) is 5.75 Å². The van der Waals surface area contributed by atoms with Crippen molar-refractivity contribution in [1.82, 2.24) is 0 Å². The second-order valence-electron chi connectivity index (χ2n) is 4.55. The molecule has 2 aromatic rings.